The Labute approximate surface area is 116 Å². The lowest BCUT2D eigenvalue weighted by Crippen LogP contribution is -2.14. The molecule has 0 saturated heterocycles. The van der Waals surface area contributed by atoms with Crippen molar-refractivity contribution in [3.63, 3.8) is 0 Å². The molecule has 0 radical (unpaired) electrons. The van der Waals surface area contributed by atoms with Crippen LogP contribution in [0.3, 0.4) is 0 Å². The van der Waals surface area contributed by atoms with Crippen LogP contribution >= 0.6 is 0 Å². The van der Waals surface area contributed by atoms with E-state index in [9.17, 15) is 9.59 Å². The maximum absolute atomic E-state index is 11.4. The molecule has 0 aliphatic rings. The third-order valence-corrected chi connectivity index (χ3v) is 2.80. The zero-order chi connectivity index (χ0) is 14.5. The van der Waals surface area contributed by atoms with E-state index in [0.717, 1.165) is 25.7 Å². The summed E-state index contributed by atoms with van der Waals surface area (Å²) >= 11 is 0. The van der Waals surface area contributed by atoms with E-state index in [0.29, 0.717) is 32.3 Å². The van der Waals surface area contributed by atoms with Crippen molar-refractivity contribution in [2.75, 3.05) is 6.61 Å². The molecule has 0 bridgehead atoms. The number of esters is 2. The standard InChI is InChI=1S/C15H28O4/c1-4-6-12-18-14(16)10-7-8-11-15(17)19-13(3)9-5-2/h13H,4-12H2,1-3H3. The number of carbonyl (C=O) groups is 2. The molecule has 0 aromatic carbocycles. The number of hydrogen-bond donors (Lipinski definition) is 0. The van der Waals surface area contributed by atoms with E-state index < -0.39 is 0 Å². The maximum atomic E-state index is 11.4. The Kier molecular flexibility index (Phi) is 11.3. The Morgan fingerprint density at radius 2 is 1.58 bits per heavy atom. The van der Waals surface area contributed by atoms with Gasteiger partial charge in [0, 0.05) is 12.8 Å². The smallest absolute Gasteiger partial charge is 0.306 e. The molecular formula is C15H28O4. The third kappa shape index (κ3) is 11.7. The van der Waals surface area contributed by atoms with E-state index in [1.165, 1.54) is 0 Å². The van der Waals surface area contributed by atoms with Crippen LogP contribution in [0.5, 0.6) is 0 Å². The van der Waals surface area contributed by atoms with Crippen molar-refractivity contribution in [3.05, 3.63) is 0 Å². The van der Waals surface area contributed by atoms with Crippen LogP contribution < -0.4 is 0 Å². The molecule has 4 nitrogen and oxygen atoms in total. The molecule has 0 fully saturated rings. The van der Waals surface area contributed by atoms with Gasteiger partial charge < -0.3 is 9.47 Å². The summed E-state index contributed by atoms with van der Waals surface area (Å²) in [5, 5.41) is 0. The van der Waals surface area contributed by atoms with Gasteiger partial charge in [-0.2, -0.15) is 0 Å². The van der Waals surface area contributed by atoms with Crippen LogP contribution in [0.1, 0.15) is 72.1 Å². The molecule has 0 N–H and O–H groups in total. The highest BCUT2D eigenvalue weighted by atomic mass is 16.5. The first-order chi connectivity index (χ1) is 9.10. The van der Waals surface area contributed by atoms with Gasteiger partial charge in [-0.05, 0) is 32.6 Å². The predicted octanol–water partition coefficient (Wildman–Crippen LogP) is 3.62. The van der Waals surface area contributed by atoms with Crippen LogP contribution in [0.25, 0.3) is 0 Å². The van der Waals surface area contributed by atoms with E-state index in [1.807, 2.05) is 6.92 Å². The van der Waals surface area contributed by atoms with Gasteiger partial charge in [-0.15, -0.1) is 0 Å². The van der Waals surface area contributed by atoms with Crippen molar-refractivity contribution in [2.45, 2.75) is 78.2 Å². The highest BCUT2D eigenvalue weighted by molar-refractivity contribution is 5.70. The van der Waals surface area contributed by atoms with Crippen LogP contribution in [0.4, 0.5) is 0 Å². The molecule has 0 heterocycles. The summed E-state index contributed by atoms with van der Waals surface area (Å²) < 4.78 is 10.3. The van der Waals surface area contributed by atoms with Crippen LogP contribution in [0.2, 0.25) is 0 Å². The number of ether oxygens (including phenoxy) is 2. The first kappa shape index (κ1) is 17.9. The molecule has 0 aliphatic carbocycles. The summed E-state index contributed by atoms with van der Waals surface area (Å²) in [4.78, 5) is 22.7. The molecule has 4 heteroatoms. The minimum absolute atomic E-state index is 0.00323. The second-order valence-electron chi connectivity index (χ2n) is 4.87. The van der Waals surface area contributed by atoms with Gasteiger partial charge in [-0.25, -0.2) is 0 Å². The van der Waals surface area contributed by atoms with Gasteiger partial charge in [-0.3, -0.25) is 9.59 Å². The Bertz CT molecular complexity index is 251. The van der Waals surface area contributed by atoms with E-state index in [1.54, 1.807) is 0 Å². The fourth-order valence-corrected chi connectivity index (χ4v) is 1.69. The highest BCUT2D eigenvalue weighted by Crippen LogP contribution is 2.07. The van der Waals surface area contributed by atoms with Gasteiger partial charge in [0.15, 0.2) is 0 Å². The first-order valence-corrected chi connectivity index (χ1v) is 7.45. The monoisotopic (exact) mass is 272 g/mol. The average molecular weight is 272 g/mol. The number of carbonyl (C=O) groups excluding carboxylic acids is 2. The molecule has 0 aliphatic heterocycles. The number of hydrogen-bond acceptors (Lipinski definition) is 4. The Hall–Kier alpha value is -1.06. The van der Waals surface area contributed by atoms with Gasteiger partial charge in [0.2, 0.25) is 0 Å². The summed E-state index contributed by atoms with van der Waals surface area (Å²) in [5.41, 5.74) is 0. The number of unbranched alkanes of at least 4 members (excludes halogenated alkanes) is 2. The van der Waals surface area contributed by atoms with Crippen LogP contribution in [0, 0.1) is 0 Å². The molecule has 112 valence electrons. The van der Waals surface area contributed by atoms with Gasteiger partial charge in [0.25, 0.3) is 0 Å². The van der Waals surface area contributed by atoms with Gasteiger partial charge in [0.1, 0.15) is 0 Å². The normalized spacial score (nSPS) is 11.9. The van der Waals surface area contributed by atoms with E-state index in [2.05, 4.69) is 13.8 Å². The molecule has 0 spiro atoms. The van der Waals surface area contributed by atoms with Crippen LogP contribution in [-0.4, -0.2) is 24.6 Å². The summed E-state index contributed by atoms with van der Waals surface area (Å²) in [6.45, 7) is 6.53. The fourth-order valence-electron chi connectivity index (χ4n) is 1.69. The largest absolute Gasteiger partial charge is 0.466 e. The average Bonchev–Trinajstić information content (AvgIpc) is 2.35. The fraction of sp³-hybridized carbons (Fsp3) is 0.867. The Morgan fingerprint density at radius 1 is 0.947 bits per heavy atom. The van der Waals surface area contributed by atoms with Gasteiger partial charge >= 0.3 is 11.9 Å². The summed E-state index contributed by atoms with van der Waals surface area (Å²) in [6, 6.07) is 0. The second kappa shape index (κ2) is 12.0. The van der Waals surface area contributed by atoms with E-state index >= 15 is 0 Å². The zero-order valence-electron chi connectivity index (χ0n) is 12.6. The van der Waals surface area contributed by atoms with Crippen molar-refractivity contribution < 1.29 is 19.1 Å². The zero-order valence-corrected chi connectivity index (χ0v) is 12.6. The lowest BCUT2D eigenvalue weighted by molar-refractivity contribution is -0.149. The molecule has 0 saturated carbocycles. The molecule has 0 rings (SSSR count). The van der Waals surface area contributed by atoms with Gasteiger partial charge in [-0.1, -0.05) is 26.7 Å². The Morgan fingerprint density at radius 3 is 2.16 bits per heavy atom. The highest BCUT2D eigenvalue weighted by Gasteiger charge is 2.09. The summed E-state index contributed by atoms with van der Waals surface area (Å²) in [6.07, 6.45) is 5.98. The van der Waals surface area contributed by atoms with Crippen molar-refractivity contribution in [2.24, 2.45) is 0 Å². The first-order valence-electron chi connectivity index (χ1n) is 7.45. The minimum Gasteiger partial charge on any atom is -0.466 e. The van der Waals surface area contributed by atoms with Crippen molar-refractivity contribution >= 4 is 11.9 Å². The van der Waals surface area contributed by atoms with Crippen molar-refractivity contribution in [1.82, 2.24) is 0 Å². The van der Waals surface area contributed by atoms with Crippen molar-refractivity contribution in [1.29, 1.82) is 0 Å². The SMILES string of the molecule is CCCCOC(=O)CCCCC(=O)OC(C)CCC. The lowest BCUT2D eigenvalue weighted by atomic mass is 10.2. The third-order valence-electron chi connectivity index (χ3n) is 2.80. The molecule has 0 amide bonds. The Balaban J connectivity index is 3.47. The van der Waals surface area contributed by atoms with Crippen LogP contribution in [-0.2, 0) is 19.1 Å². The quantitative estimate of drug-likeness (QED) is 0.426. The minimum atomic E-state index is -0.166. The summed E-state index contributed by atoms with van der Waals surface area (Å²) in [7, 11) is 0. The van der Waals surface area contributed by atoms with Crippen molar-refractivity contribution in [3.8, 4) is 0 Å². The summed E-state index contributed by atoms with van der Waals surface area (Å²) in [5.74, 6) is -0.332. The molecular weight excluding hydrogens is 244 g/mol. The molecule has 1 unspecified atom stereocenters. The molecule has 19 heavy (non-hydrogen) atoms. The maximum Gasteiger partial charge on any atom is 0.306 e. The second-order valence-corrected chi connectivity index (χ2v) is 4.87. The number of rotatable bonds is 11. The molecule has 0 aromatic rings. The predicted molar refractivity (Wildman–Crippen MR) is 74.8 cm³/mol. The molecule has 0 aromatic heterocycles. The lowest BCUT2D eigenvalue weighted by Gasteiger charge is -2.11. The topological polar surface area (TPSA) is 52.6 Å². The molecule has 1 atom stereocenters. The van der Waals surface area contributed by atoms with E-state index in [4.69, 9.17) is 9.47 Å². The van der Waals surface area contributed by atoms with Gasteiger partial charge in [0.05, 0.1) is 12.7 Å². The van der Waals surface area contributed by atoms with Crippen LogP contribution in [0.15, 0.2) is 0 Å². The van der Waals surface area contributed by atoms with E-state index in [-0.39, 0.29) is 18.0 Å².